The number of carbonyl (C=O) groups is 1. The lowest BCUT2D eigenvalue weighted by molar-refractivity contribution is -0.126. The highest BCUT2D eigenvalue weighted by atomic mass is 32.2. The Hall–Kier alpha value is -2.18. The third-order valence-corrected chi connectivity index (χ3v) is 7.32. The van der Waals surface area contributed by atoms with E-state index in [9.17, 15) is 13.2 Å². The summed E-state index contributed by atoms with van der Waals surface area (Å²) in [7, 11) is -3.56. The number of hydrogen-bond acceptors (Lipinski definition) is 3. The number of benzene rings is 2. The first-order valence-electron chi connectivity index (χ1n) is 10.3. The average molecular weight is 415 g/mol. The standard InChI is InChI=1S/C23H30N2O3S/c1-18-10-12-22(13-11-18)29(27,28)25-15-5-9-21(17-25)23(26)24-14-4-8-20-7-3-6-19(2)16-20/h3,6-7,10-13,16,21H,4-5,8-9,14-15,17H2,1-2H3,(H,24,26)/t21-/m0/s1. The minimum Gasteiger partial charge on any atom is -0.356 e. The second-order valence-electron chi connectivity index (χ2n) is 7.90. The van der Waals surface area contributed by atoms with Crippen molar-refractivity contribution in [1.29, 1.82) is 0 Å². The fourth-order valence-electron chi connectivity index (χ4n) is 3.75. The van der Waals surface area contributed by atoms with Gasteiger partial charge in [0.05, 0.1) is 10.8 Å². The molecule has 1 aliphatic heterocycles. The number of carbonyl (C=O) groups excluding carboxylic acids is 1. The van der Waals surface area contributed by atoms with Gasteiger partial charge in [-0.1, -0.05) is 47.5 Å². The monoisotopic (exact) mass is 414 g/mol. The molecule has 6 heteroatoms. The maximum Gasteiger partial charge on any atom is 0.243 e. The second-order valence-corrected chi connectivity index (χ2v) is 9.84. The maximum atomic E-state index is 12.9. The quantitative estimate of drug-likeness (QED) is 0.706. The molecule has 0 spiro atoms. The molecule has 1 heterocycles. The van der Waals surface area contributed by atoms with Gasteiger partial charge in [0.25, 0.3) is 0 Å². The van der Waals surface area contributed by atoms with Crippen LogP contribution in [0.5, 0.6) is 0 Å². The second kappa shape index (κ2) is 9.55. The molecule has 0 bridgehead atoms. The van der Waals surface area contributed by atoms with Crippen LogP contribution in [0.3, 0.4) is 0 Å². The van der Waals surface area contributed by atoms with E-state index in [-0.39, 0.29) is 18.4 Å². The molecule has 0 aromatic heterocycles. The molecular formula is C23H30N2O3S. The third-order valence-electron chi connectivity index (χ3n) is 5.44. The first-order valence-corrected chi connectivity index (χ1v) is 11.7. The van der Waals surface area contributed by atoms with Crippen molar-refractivity contribution in [2.45, 2.75) is 44.4 Å². The van der Waals surface area contributed by atoms with Crippen molar-refractivity contribution in [1.82, 2.24) is 9.62 Å². The van der Waals surface area contributed by atoms with Crippen LogP contribution in [-0.4, -0.2) is 38.3 Å². The van der Waals surface area contributed by atoms with Gasteiger partial charge in [0.15, 0.2) is 0 Å². The van der Waals surface area contributed by atoms with Gasteiger partial charge in [-0.15, -0.1) is 0 Å². The summed E-state index contributed by atoms with van der Waals surface area (Å²) in [5.41, 5.74) is 3.53. The molecule has 29 heavy (non-hydrogen) atoms. The highest BCUT2D eigenvalue weighted by Crippen LogP contribution is 2.24. The number of piperidine rings is 1. The Balaban J connectivity index is 1.51. The summed E-state index contributed by atoms with van der Waals surface area (Å²) in [6.07, 6.45) is 3.21. The van der Waals surface area contributed by atoms with Gasteiger partial charge in [0.1, 0.15) is 0 Å². The Labute approximate surface area is 174 Å². The van der Waals surface area contributed by atoms with Crippen LogP contribution in [0.15, 0.2) is 53.4 Å². The van der Waals surface area contributed by atoms with Crippen molar-refractivity contribution in [2.75, 3.05) is 19.6 Å². The van der Waals surface area contributed by atoms with Crippen LogP contribution in [-0.2, 0) is 21.2 Å². The Morgan fingerprint density at radius 2 is 1.86 bits per heavy atom. The van der Waals surface area contributed by atoms with E-state index in [2.05, 4.69) is 30.4 Å². The van der Waals surface area contributed by atoms with Crippen LogP contribution in [0.25, 0.3) is 0 Å². The molecule has 5 nitrogen and oxygen atoms in total. The molecular weight excluding hydrogens is 384 g/mol. The zero-order valence-electron chi connectivity index (χ0n) is 17.2. The van der Waals surface area contributed by atoms with Gasteiger partial charge in [0.2, 0.25) is 15.9 Å². The Morgan fingerprint density at radius 3 is 2.59 bits per heavy atom. The number of aryl methyl sites for hydroxylation is 3. The Bertz CT molecular complexity index is 939. The number of sulfonamides is 1. The van der Waals surface area contributed by atoms with E-state index in [1.165, 1.54) is 15.4 Å². The van der Waals surface area contributed by atoms with E-state index in [0.29, 0.717) is 24.4 Å². The van der Waals surface area contributed by atoms with Gasteiger partial charge < -0.3 is 5.32 Å². The number of nitrogens with zero attached hydrogens (tertiary/aromatic N) is 1. The van der Waals surface area contributed by atoms with Gasteiger partial charge >= 0.3 is 0 Å². The molecule has 0 radical (unpaired) electrons. The SMILES string of the molecule is Cc1ccc(S(=O)(=O)N2CCC[C@H](C(=O)NCCCc3cccc(C)c3)C2)cc1. The number of amides is 1. The van der Waals surface area contributed by atoms with Crippen molar-refractivity contribution in [3.8, 4) is 0 Å². The minimum absolute atomic E-state index is 0.0435. The molecule has 0 aliphatic carbocycles. The molecule has 2 aromatic rings. The summed E-state index contributed by atoms with van der Waals surface area (Å²) < 4.78 is 27.3. The van der Waals surface area contributed by atoms with Crippen LogP contribution < -0.4 is 5.32 Å². The zero-order chi connectivity index (χ0) is 20.9. The predicted octanol–water partition coefficient (Wildman–Crippen LogP) is 3.45. The largest absolute Gasteiger partial charge is 0.356 e. The molecule has 1 atom stereocenters. The van der Waals surface area contributed by atoms with E-state index < -0.39 is 10.0 Å². The highest BCUT2D eigenvalue weighted by Gasteiger charge is 2.33. The molecule has 2 aromatic carbocycles. The van der Waals surface area contributed by atoms with E-state index >= 15 is 0 Å². The van der Waals surface area contributed by atoms with E-state index in [0.717, 1.165) is 24.8 Å². The van der Waals surface area contributed by atoms with Crippen molar-refractivity contribution in [3.63, 3.8) is 0 Å². The van der Waals surface area contributed by atoms with E-state index in [1.54, 1.807) is 24.3 Å². The predicted molar refractivity (Wildman–Crippen MR) is 115 cm³/mol. The highest BCUT2D eigenvalue weighted by molar-refractivity contribution is 7.89. The molecule has 0 saturated carbocycles. The molecule has 0 unspecified atom stereocenters. The van der Waals surface area contributed by atoms with Crippen molar-refractivity contribution >= 4 is 15.9 Å². The smallest absolute Gasteiger partial charge is 0.243 e. The Morgan fingerprint density at radius 1 is 1.10 bits per heavy atom. The molecule has 1 saturated heterocycles. The lowest BCUT2D eigenvalue weighted by atomic mass is 9.98. The summed E-state index contributed by atoms with van der Waals surface area (Å²) in [5, 5.41) is 3.00. The summed E-state index contributed by atoms with van der Waals surface area (Å²) in [4.78, 5) is 12.9. The lowest BCUT2D eigenvalue weighted by Gasteiger charge is -2.31. The van der Waals surface area contributed by atoms with Crippen LogP contribution in [0.4, 0.5) is 0 Å². The van der Waals surface area contributed by atoms with Crippen molar-refractivity contribution < 1.29 is 13.2 Å². The molecule has 3 rings (SSSR count). The van der Waals surface area contributed by atoms with Crippen LogP contribution in [0.2, 0.25) is 0 Å². The number of nitrogens with one attached hydrogen (secondary N) is 1. The molecule has 156 valence electrons. The van der Waals surface area contributed by atoms with E-state index in [1.807, 2.05) is 13.0 Å². The zero-order valence-corrected chi connectivity index (χ0v) is 18.0. The van der Waals surface area contributed by atoms with Gasteiger partial charge in [-0.3, -0.25) is 4.79 Å². The summed E-state index contributed by atoms with van der Waals surface area (Å²) in [6, 6.07) is 15.3. The van der Waals surface area contributed by atoms with Gasteiger partial charge in [0, 0.05) is 19.6 Å². The molecule has 1 N–H and O–H groups in total. The minimum atomic E-state index is -3.56. The topological polar surface area (TPSA) is 66.5 Å². The number of hydrogen-bond donors (Lipinski definition) is 1. The van der Waals surface area contributed by atoms with E-state index in [4.69, 9.17) is 0 Å². The third kappa shape index (κ3) is 5.67. The fraction of sp³-hybridized carbons (Fsp3) is 0.435. The molecule has 1 aliphatic rings. The first kappa shape index (κ1) is 21.5. The number of rotatable bonds is 7. The van der Waals surface area contributed by atoms with Crippen LogP contribution in [0.1, 0.15) is 36.0 Å². The summed E-state index contributed by atoms with van der Waals surface area (Å²) in [6.45, 7) is 5.32. The first-order chi connectivity index (χ1) is 13.9. The van der Waals surface area contributed by atoms with Gasteiger partial charge in [-0.25, -0.2) is 8.42 Å². The normalized spacial score (nSPS) is 17.8. The average Bonchev–Trinajstić information content (AvgIpc) is 2.71. The Kier molecular flexibility index (Phi) is 7.09. The summed E-state index contributed by atoms with van der Waals surface area (Å²) >= 11 is 0. The van der Waals surface area contributed by atoms with Crippen LogP contribution >= 0.6 is 0 Å². The maximum absolute atomic E-state index is 12.9. The van der Waals surface area contributed by atoms with Gasteiger partial charge in [-0.05, 0) is 57.2 Å². The fourth-order valence-corrected chi connectivity index (χ4v) is 5.27. The van der Waals surface area contributed by atoms with Gasteiger partial charge in [-0.2, -0.15) is 4.31 Å². The lowest BCUT2D eigenvalue weighted by Crippen LogP contribution is -2.45. The van der Waals surface area contributed by atoms with Crippen molar-refractivity contribution in [3.05, 3.63) is 65.2 Å². The summed E-state index contributed by atoms with van der Waals surface area (Å²) in [5.74, 6) is -0.332. The molecule has 1 fully saturated rings. The van der Waals surface area contributed by atoms with Crippen molar-refractivity contribution in [2.24, 2.45) is 5.92 Å². The molecule has 1 amide bonds. The van der Waals surface area contributed by atoms with Crippen LogP contribution in [0, 0.1) is 19.8 Å².